The Labute approximate surface area is 130 Å². The van der Waals surface area contributed by atoms with Gasteiger partial charge in [0.15, 0.2) is 0 Å². The Bertz CT molecular complexity index is 615. The van der Waals surface area contributed by atoms with Crippen LogP contribution in [0.3, 0.4) is 0 Å². The van der Waals surface area contributed by atoms with E-state index in [1.165, 1.54) is 0 Å². The molecule has 2 aromatic carbocycles. The molecule has 21 heavy (non-hydrogen) atoms. The highest BCUT2D eigenvalue weighted by molar-refractivity contribution is 6.31. The van der Waals surface area contributed by atoms with Crippen LogP contribution in [0.1, 0.15) is 18.1 Å². The second kappa shape index (κ2) is 6.74. The number of amides is 1. The van der Waals surface area contributed by atoms with Crippen LogP contribution in [0.2, 0.25) is 5.02 Å². The number of nitrogens with two attached hydrogens (primary N) is 1. The van der Waals surface area contributed by atoms with E-state index in [2.05, 4.69) is 12.2 Å². The number of nitrogens with one attached hydrogen (secondary N) is 1. The first-order valence-electron chi connectivity index (χ1n) is 6.85. The van der Waals surface area contributed by atoms with Crippen molar-refractivity contribution in [2.75, 3.05) is 13.1 Å². The fourth-order valence-corrected chi connectivity index (χ4v) is 2.76. The SMILES string of the molecule is CC(CNC(=O)CN)(c1ccccc1)c1ccccc1Cl. The summed E-state index contributed by atoms with van der Waals surface area (Å²) >= 11 is 6.37. The van der Waals surface area contributed by atoms with E-state index in [9.17, 15) is 4.79 Å². The number of carbonyl (C=O) groups excluding carboxylic acids is 1. The summed E-state index contributed by atoms with van der Waals surface area (Å²) in [6, 6.07) is 17.7. The smallest absolute Gasteiger partial charge is 0.233 e. The Morgan fingerprint density at radius 3 is 2.38 bits per heavy atom. The van der Waals surface area contributed by atoms with Crippen LogP contribution in [-0.4, -0.2) is 19.0 Å². The number of halogens is 1. The average molecular weight is 303 g/mol. The highest BCUT2D eigenvalue weighted by Crippen LogP contribution is 2.35. The number of hydrogen-bond acceptors (Lipinski definition) is 2. The Kier molecular flexibility index (Phi) is 4.99. The molecule has 0 aliphatic heterocycles. The van der Waals surface area contributed by atoms with Crippen molar-refractivity contribution >= 4 is 17.5 Å². The van der Waals surface area contributed by atoms with Gasteiger partial charge in [0.2, 0.25) is 5.91 Å². The molecule has 2 rings (SSSR count). The van der Waals surface area contributed by atoms with Crippen LogP contribution in [0.15, 0.2) is 54.6 Å². The molecule has 2 aromatic rings. The molecule has 0 aliphatic rings. The Hall–Kier alpha value is -1.84. The van der Waals surface area contributed by atoms with E-state index in [0.717, 1.165) is 11.1 Å². The van der Waals surface area contributed by atoms with E-state index in [0.29, 0.717) is 11.6 Å². The zero-order chi connectivity index (χ0) is 15.3. The van der Waals surface area contributed by atoms with Gasteiger partial charge >= 0.3 is 0 Å². The third-order valence-corrected chi connectivity index (χ3v) is 4.03. The van der Waals surface area contributed by atoms with Gasteiger partial charge in [0.1, 0.15) is 0 Å². The Morgan fingerprint density at radius 1 is 1.14 bits per heavy atom. The Balaban J connectivity index is 2.44. The van der Waals surface area contributed by atoms with Gasteiger partial charge in [-0.25, -0.2) is 0 Å². The molecule has 3 nitrogen and oxygen atoms in total. The first-order valence-corrected chi connectivity index (χ1v) is 7.23. The quantitative estimate of drug-likeness (QED) is 0.892. The lowest BCUT2D eigenvalue weighted by molar-refractivity contribution is -0.119. The van der Waals surface area contributed by atoms with Crippen LogP contribution in [0.4, 0.5) is 0 Å². The molecular weight excluding hydrogens is 284 g/mol. The summed E-state index contributed by atoms with van der Waals surface area (Å²) in [5.74, 6) is -0.177. The predicted octanol–water partition coefficient (Wildman–Crippen LogP) is 2.72. The lowest BCUT2D eigenvalue weighted by atomic mass is 9.76. The molecule has 0 saturated carbocycles. The summed E-state index contributed by atoms with van der Waals surface area (Å²) in [5.41, 5.74) is 7.03. The summed E-state index contributed by atoms with van der Waals surface area (Å²) in [6.07, 6.45) is 0. The molecule has 1 atom stereocenters. The van der Waals surface area contributed by atoms with E-state index in [1.54, 1.807) is 0 Å². The van der Waals surface area contributed by atoms with Gasteiger partial charge in [-0.3, -0.25) is 4.79 Å². The second-order valence-corrected chi connectivity index (χ2v) is 5.57. The maximum absolute atomic E-state index is 11.5. The molecule has 0 aromatic heterocycles. The van der Waals surface area contributed by atoms with E-state index in [4.69, 9.17) is 17.3 Å². The second-order valence-electron chi connectivity index (χ2n) is 5.16. The molecule has 0 spiro atoms. The largest absolute Gasteiger partial charge is 0.354 e. The van der Waals surface area contributed by atoms with Crippen LogP contribution in [0.5, 0.6) is 0 Å². The van der Waals surface area contributed by atoms with Gasteiger partial charge in [-0.2, -0.15) is 0 Å². The van der Waals surface area contributed by atoms with E-state index in [1.807, 2.05) is 54.6 Å². The van der Waals surface area contributed by atoms with Crippen molar-refractivity contribution in [2.45, 2.75) is 12.3 Å². The molecule has 0 fully saturated rings. The van der Waals surface area contributed by atoms with E-state index in [-0.39, 0.29) is 12.5 Å². The molecule has 3 N–H and O–H groups in total. The molecule has 0 aliphatic carbocycles. The normalized spacial score (nSPS) is 13.5. The first-order chi connectivity index (χ1) is 10.1. The molecular formula is C17H19ClN2O. The van der Waals surface area contributed by atoms with E-state index >= 15 is 0 Å². The van der Waals surface area contributed by atoms with Crippen molar-refractivity contribution in [1.29, 1.82) is 0 Å². The minimum Gasteiger partial charge on any atom is -0.354 e. The average Bonchev–Trinajstić information content (AvgIpc) is 2.53. The Morgan fingerprint density at radius 2 is 1.76 bits per heavy atom. The number of benzene rings is 2. The summed E-state index contributed by atoms with van der Waals surface area (Å²) in [5, 5.41) is 3.56. The topological polar surface area (TPSA) is 55.1 Å². The molecule has 0 radical (unpaired) electrons. The number of rotatable bonds is 5. The number of hydrogen-bond donors (Lipinski definition) is 2. The van der Waals surface area contributed by atoms with Crippen molar-refractivity contribution in [2.24, 2.45) is 5.73 Å². The van der Waals surface area contributed by atoms with Crippen LogP contribution in [0.25, 0.3) is 0 Å². The van der Waals surface area contributed by atoms with Gasteiger partial charge < -0.3 is 11.1 Å². The summed E-state index contributed by atoms with van der Waals surface area (Å²) in [4.78, 5) is 11.5. The molecule has 4 heteroatoms. The van der Waals surface area contributed by atoms with Crippen molar-refractivity contribution in [3.63, 3.8) is 0 Å². The van der Waals surface area contributed by atoms with Gasteiger partial charge in [0.25, 0.3) is 0 Å². The van der Waals surface area contributed by atoms with Gasteiger partial charge in [-0.1, -0.05) is 60.1 Å². The third kappa shape index (κ3) is 3.43. The maximum atomic E-state index is 11.5. The van der Waals surface area contributed by atoms with Crippen LogP contribution < -0.4 is 11.1 Å². The predicted molar refractivity (Wildman–Crippen MR) is 86.4 cm³/mol. The van der Waals surface area contributed by atoms with Crippen molar-refractivity contribution in [3.05, 3.63) is 70.7 Å². The summed E-state index contributed by atoms with van der Waals surface area (Å²) in [7, 11) is 0. The maximum Gasteiger partial charge on any atom is 0.233 e. The monoisotopic (exact) mass is 302 g/mol. The molecule has 0 saturated heterocycles. The standard InChI is InChI=1S/C17H19ClN2O/c1-17(12-20-16(21)11-19,13-7-3-2-4-8-13)14-9-5-6-10-15(14)18/h2-10H,11-12,19H2,1H3,(H,20,21). The minimum absolute atomic E-state index is 0.0204. The van der Waals surface area contributed by atoms with Gasteiger partial charge in [0, 0.05) is 17.0 Å². The zero-order valence-corrected chi connectivity index (χ0v) is 12.7. The van der Waals surface area contributed by atoms with Crippen molar-refractivity contribution in [3.8, 4) is 0 Å². The fraction of sp³-hybridized carbons (Fsp3) is 0.235. The molecule has 1 amide bonds. The lowest BCUT2D eigenvalue weighted by Crippen LogP contribution is -2.42. The highest BCUT2D eigenvalue weighted by Gasteiger charge is 2.31. The van der Waals surface area contributed by atoms with Gasteiger partial charge in [0.05, 0.1) is 6.54 Å². The molecule has 110 valence electrons. The first kappa shape index (κ1) is 15.5. The van der Waals surface area contributed by atoms with Crippen LogP contribution >= 0.6 is 11.6 Å². The molecule has 0 bridgehead atoms. The minimum atomic E-state index is -0.412. The van der Waals surface area contributed by atoms with Crippen molar-refractivity contribution < 1.29 is 4.79 Å². The van der Waals surface area contributed by atoms with Crippen LogP contribution in [-0.2, 0) is 10.2 Å². The molecule has 1 unspecified atom stereocenters. The summed E-state index contributed by atoms with van der Waals surface area (Å²) < 4.78 is 0. The summed E-state index contributed by atoms with van der Waals surface area (Å²) in [6.45, 7) is 2.49. The van der Waals surface area contributed by atoms with Gasteiger partial charge in [-0.05, 0) is 24.1 Å². The zero-order valence-electron chi connectivity index (χ0n) is 12.0. The van der Waals surface area contributed by atoms with Crippen molar-refractivity contribution in [1.82, 2.24) is 5.32 Å². The fourth-order valence-electron chi connectivity index (χ4n) is 2.42. The molecule has 0 heterocycles. The van der Waals surface area contributed by atoms with Crippen LogP contribution in [0, 0.1) is 0 Å². The highest BCUT2D eigenvalue weighted by atomic mass is 35.5. The lowest BCUT2D eigenvalue weighted by Gasteiger charge is -2.32. The van der Waals surface area contributed by atoms with E-state index < -0.39 is 5.41 Å². The number of carbonyl (C=O) groups is 1. The van der Waals surface area contributed by atoms with Gasteiger partial charge in [-0.15, -0.1) is 0 Å². The third-order valence-electron chi connectivity index (χ3n) is 3.70.